The normalized spacial score (nSPS) is 11.8. The molecular weight excluding hydrogens is 286 g/mol. The van der Waals surface area contributed by atoms with Gasteiger partial charge in [-0.2, -0.15) is 0 Å². The molecule has 0 aliphatic rings. The Kier molecular flexibility index (Phi) is 5.23. The summed E-state index contributed by atoms with van der Waals surface area (Å²) in [6, 6.07) is 15.1. The van der Waals surface area contributed by atoms with Crippen molar-refractivity contribution in [1.29, 1.82) is 0 Å². The van der Waals surface area contributed by atoms with Gasteiger partial charge in [-0.3, -0.25) is 4.79 Å². The minimum Gasteiger partial charge on any atom is -0.496 e. The molecule has 2 rings (SSSR count). The van der Waals surface area contributed by atoms with Crippen LogP contribution >= 0.6 is 11.6 Å². The minimum absolute atomic E-state index is 0.0381. The highest BCUT2D eigenvalue weighted by molar-refractivity contribution is 6.30. The van der Waals surface area contributed by atoms with Crippen molar-refractivity contribution in [3.05, 3.63) is 64.7 Å². The Morgan fingerprint density at radius 2 is 1.95 bits per heavy atom. The lowest BCUT2D eigenvalue weighted by Gasteiger charge is -2.15. The van der Waals surface area contributed by atoms with Gasteiger partial charge in [0.25, 0.3) is 0 Å². The van der Waals surface area contributed by atoms with E-state index >= 15 is 0 Å². The van der Waals surface area contributed by atoms with Crippen molar-refractivity contribution in [2.75, 3.05) is 7.11 Å². The maximum atomic E-state index is 12.2. The second-order valence-electron chi connectivity index (χ2n) is 4.83. The summed E-state index contributed by atoms with van der Waals surface area (Å²) in [6.45, 7) is 1.96. The SMILES string of the molecule is COc1ccc(Cl)cc1CC(=O)N[C@@H](C)c1ccccc1. The van der Waals surface area contributed by atoms with E-state index in [-0.39, 0.29) is 18.4 Å². The zero-order valence-corrected chi connectivity index (χ0v) is 12.9. The largest absolute Gasteiger partial charge is 0.496 e. The summed E-state index contributed by atoms with van der Waals surface area (Å²) in [5.74, 6) is 0.605. The van der Waals surface area contributed by atoms with Crippen molar-refractivity contribution < 1.29 is 9.53 Å². The molecule has 2 aromatic carbocycles. The van der Waals surface area contributed by atoms with Crippen LogP contribution in [0, 0.1) is 0 Å². The van der Waals surface area contributed by atoms with E-state index in [4.69, 9.17) is 16.3 Å². The number of carbonyl (C=O) groups excluding carboxylic acids is 1. The van der Waals surface area contributed by atoms with Crippen LogP contribution in [0.25, 0.3) is 0 Å². The topological polar surface area (TPSA) is 38.3 Å². The summed E-state index contributed by atoms with van der Waals surface area (Å²) in [7, 11) is 1.58. The van der Waals surface area contributed by atoms with Gasteiger partial charge in [-0.25, -0.2) is 0 Å². The van der Waals surface area contributed by atoms with Gasteiger partial charge in [-0.05, 0) is 30.7 Å². The highest BCUT2D eigenvalue weighted by Crippen LogP contribution is 2.23. The predicted octanol–water partition coefficient (Wildman–Crippen LogP) is 3.77. The number of amides is 1. The smallest absolute Gasteiger partial charge is 0.225 e. The van der Waals surface area contributed by atoms with Crippen LogP contribution in [0.4, 0.5) is 0 Å². The molecule has 110 valence electrons. The molecule has 0 unspecified atom stereocenters. The van der Waals surface area contributed by atoms with Crippen molar-refractivity contribution in [2.45, 2.75) is 19.4 Å². The molecule has 0 aliphatic carbocycles. The number of carbonyl (C=O) groups is 1. The molecule has 2 aromatic rings. The van der Waals surface area contributed by atoms with E-state index in [9.17, 15) is 4.79 Å². The fourth-order valence-electron chi connectivity index (χ4n) is 2.18. The molecule has 0 saturated heterocycles. The molecule has 1 atom stereocenters. The van der Waals surface area contributed by atoms with Crippen LogP contribution in [0.5, 0.6) is 5.75 Å². The molecule has 0 heterocycles. The number of benzene rings is 2. The van der Waals surface area contributed by atoms with Gasteiger partial charge in [0.05, 0.1) is 19.6 Å². The Labute approximate surface area is 129 Å². The first kappa shape index (κ1) is 15.4. The number of ether oxygens (including phenoxy) is 1. The quantitative estimate of drug-likeness (QED) is 0.913. The fraction of sp³-hybridized carbons (Fsp3) is 0.235. The van der Waals surface area contributed by atoms with E-state index in [0.29, 0.717) is 10.8 Å². The number of nitrogens with one attached hydrogen (secondary N) is 1. The molecule has 0 fully saturated rings. The lowest BCUT2D eigenvalue weighted by Crippen LogP contribution is -2.28. The third-order valence-electron chi connectivity index (χ3n) is 3.27. The predicted molar refractivity (Wildman–Crippen MR) is 84.7 cm³/mol. The first-order valence-electron chi connectivity index (χ1n) is 6.77. The van der Waals surface area contributed by atoms with Crippen molar-refractivity contribution in [3.8, 4) is 5.75 Å². The fourth-order valence-corrected chi connectivity index (χ4v) is 2.37. The van der Waals surface area contributed by atoms with Crippen LogP contribution in [0.15, 0.2) is 48.5 Å². The van der Waals surface area contributed by atoms with Crippen LogP contribution in [-0.4, -0.2) is 13.0 Å². The van der Waals surface area contributed by atoms with Gasteiger partial charge in [0.15, 0.2) is 0 Å². The Hall–Kier alpha value is -2.00. The average Bonchev–Trinajstić information content (AvgIpc) is 2.48. The van der Waals surface area contributed by atoms with Crippen LogP contribution in [0.3, 0.4) is 0 Å². The van der Waals surface area contributed by atoms with Gasteiger partial charge >= 0.3 is 0 Å². The summed E-state index contributed by atoms with van der Waals surface area (Å²) < 4.78 is 5.25. The van der Waals surface area contributed by atoms with Gasteiger partial charge in [0, 0.05) is 10.6 Å². The maximum absolute atomic E-state index is 12.2. The second kappa shape index (κ2) is 7.14. The molecule has 0 radical (unpaired) electrons. The van der Waals surface area contributed by atoms with Crippen molar-refractivity contribution in [1.82, 2.24) is 5.32 Å². The lowest BCUT2D eigenvalue weighted by atomic mass is 10.1. The van der Waals surface area contributed by atoms with E-state index in [1.807, 2.05) is 37.3 Å². The van der Waals surface area contributed by atoms with Crippen LogP contribution in [0.2, 0.25) is 5.02 Å². The van der Waals surface area contributed by atoms with Gasteiger partial charge in [-0.15, -0.1) is 0 Å². The summed E-state index contributed by atoms with van der Waals surface area (Å²) in [5.41, 5.74) is 1.85. The summed E-state index contributed by atoms with van der Waals surface area (Å²) in [6.07, 6.45) is 0.237. The number of methoxy groups -OCH3 is 1. The molecule has 0 aromatic heterocycles. The molecular formula is C17H18ClNO2. The molecule has 0 saturated carbocycles. The van der Waals surface area contributed by atoms with Gasteiger partial charge in [0.1, 0.15) is 5.75 Å². The standard InChI is InChI=1S/C17H18ClNO2/c1-12(13-6-4-3-5-7-13)19-17(20)11-14-10-15(18)8-9-16(14)21-2/h3-10,12H,11H2,1-2H3,(H,19,20)/t12-/m0/s1. The molecule has 4 heteroatoms. The summed E-state index contributed by atoms with van der Waals surface area (Å²) in [4.78, 5) is 12.2. The van der Waals surface area contributed by atoms with Crippen LogP contribution < -0.4 is 10.1 Å². The van der Waals surface area contributed by atoms with Gasteiger partial charge in [-0.1, -0.05) is 41.9 Å². The summed E-state index contributed by atoms with van der Waals surface area (Å²) in [5, 5.41) is 3.57. The average molecular weight is 304 g/mol. The maximum Gasteiger partial charge on any atom is 0.225 e. The van der Waals surface area contributed by atoms with E-state index in [2.05, 4.69) is 5.32 Å². The highest BCUT2D eigenvalue weighted by Gasteiger charge is 2.12. The monoisotopic (exact) mass is 303 g/mol. The van der Waals surface area contributed by atoms with E-state index in [0.717, 1.165) is 11.1 Å². The molecule has 0 spiro atoms. The van der Waals surface area contributed by atoms with Gasteiger partial charge in [0.2, 0.25) is 5.91 Å². The molecule has 0 aliphatic heterocycles. The zero-order valence-electron chi connectivity index (χ0n) is 12.1. The molecule has 21 heavy (non-hydrogen) atoms. The first-order valence-corrected chi connectivity index (χ1v) is 7.14. The Bertz CT molecular complexity index is 613. The Morgan fingerprint density at radius 1 is 1.24 bits per heavy atom. The Morgan fingerprint density at radius 3 is 2.62 bits per heavy atom. The number of hydrogen-bond acceptors (Lipinski definition) is 2. The van der Waals surface area contributed by atoms with Crippen molar-refractivity contribution in [2.24, 2.45) is 0 Å². The van der Waals surface area contributed by atoms with E-state index < -0.39 is 0 Å². The first-order chi connectivity index (χ1) is 10.1. The molecule has 3 nitrogen and oxygen atoms in total. The molecule has 1 N–H and O–H groups in total. The second-order valence-corrected chi connectivity index (χ2v) is 5.27. The number of rotatable bonds is 5. The zero-order chi connectivity index (χ0) is 15.2. The van der Waals surface area contributed by atoms with Crippen LogP contribution in [0.1, 0.15) is 24.1 Å². The van der Waals surface area contributed by atoms with Gasteiger partial charge < -0.3 is 10.1 Å². The minimum atomic E-state index is -0.0630. The Balaban J connectivity index is 2.04. The van der Waals surface area contributed by atoms with Crippen molar-refractivity contribution in [3.63, 3.8) is 0 Å². The lowest BCUT2D eigenvalue weighted by molar-refractivity contribution is -0.121. The molecule has 1 amide bonds. The van der Waals surface area contributed by atoms with Crippen molar-refractivity contribution >= 4 is 17.5 Å². The number of hydrogen-bond donors (Lipinski definition) is 1. The molecule has 0 bridgehead atoms. The van der Waals surface area contributed by atoms with E-state index in [1.165, 1.54) is 0 Å². The highest BCUT2D eigenvalue weighted by atomic mass is 35.5. The van der Waals surface area contributed by atoms with Crippen LogP contribution in [-0.2, 0) is 11.2 Å². The summed E-state index contributed by atoms with van der Waals surface area (Å²) >= 11 is 5.97. The van der Waals surface area contributed by atoms with E-state index in [1.54, 1.807) is 25.3 Å². The number of halogens is 1. The third-order valence-corrected chi connectivity index (χ3v) is 3.51. The third kappa shape index (κ3) is 4.23.